The van der Waals surface area contributed by atoms with Crippen LogP contribution in [0.25, 0.3) is 5.76 Å². The summed E-state index contributed by atoms with van der Waals surface area (Å²) in [7, 11) is 3.28. The normalized spacial score (nSPS) is 18.9. The summed E-state index contributed by atoms with van der Waals surface area (Å²) in [5, 5.41) is 15.9. The molecule has 0 bridgehead atoms. The number of amides is 1. The van der Waals surface area contributed by atoms with Crippen LogP contribution in [-0.4, -0.2) is 51.7 Å². The van der Waals surface area contributed by atoms with Crippen LogP contribution in [0.2, 0.25) is 5.02 Å². The number of ether oxygens (including phenoxy) is 1. The van der Waals surface area contributed by atoms with Gasteiger partial charge in [0.25, 0.3) is 11.7 Å². The van der Waals surface area contributed by atoms with Gasteiger partial charge >= 0.3 is 0 Å². The van der Waals surface area contributed by atoms with Gasteiger partial charge < -0.3 is 14.7 Å². The molecule has 1 unspecified atom stereocenters. The molecule has 1 amide bonds. The molecule has 0 saturated carbocycles. The van der Waals surface area contributed by atoms with E-state index >= 15 is 0 Å². The Kier molecular flexibility index (Phi) is 5.58. The van der Waals surface area contributed by atoms with E-state index in [-0.39, 0.29) is 24.5 Å². The number of hydrogen-bond acceptors (Lipinski definition) is 5. The number of rotatable bonds is 5. The maximum absolute atomic E-state index is 12.9. The molecule has 1 fully saturated rings. The molecule has 3 rings (SSSR count). The standard InChI is InChI=1S/C20H22ClN3O4/c1-11-15(12(2)23(3)22-11)18(25)16-17(13-6-5-7-14(21)10-13)24(8-9-28-4)20(27)19(16)26/h5-7,10,17,25H,8-9H2,1-4H3/b18-16+. The summed E-state index contributed by atoms with van der Waals surface area (Å²) in [6.45, 7) is 4.01. The van der Waals surface area contributed by atoms with E-state index in [1.807, 2.05) is 0 Å². The smallest absolute Gasteiger partial charge is 0.295 e. The molecule has 1 aliphatic rings. The molecule has 28 heavy (non-hydrogen) atoms. The highest BCUT2D eigenvalue weighted by Gasteiger charge is 2.46. The number of aryl methyl sites for hydroxylation is 2. The predicted molar refractivity (Wildman–Crippen MR) is 105 cm³/mol. The van der Waals surface area contributed by atoms with Crippen LogP contribution >= 0.6 is 11.6 Å². The summed E-state index contributed by atoms with van der Waals surface area (Å²) in [6.07, 6.45) is 0. The zero-order valence-electron chi connectivity index (χ0n) is 16.2. The third-order valence-corrected chi connectivity index (χ3v) is 5.22. The van der Waals surface area contributed by atoms with Crippen molar-refractivity contribution in [1.82, 2.24) is 14.7 Å². The van der Waals surface area contributed by atoms with E-state index in [1.54, 1.807) is 49.8 Å². The van der Waals surface area contributed by atoms with E-state index in [0.717, 1.165) is 0 Å². The van der Waals surface area contributed by atoms with Crippen molar-refractivity contribution in [2.75, 3.05) is 20.3 Å². The second-order valence-electron chi connectivity index (χ2n) is 6.71. The Labute approximate surface area is 168 Å². The average Bonchev–Trinajstić information content (AvgIpc) is 3.05. The first-order valence-electron chi connectivity index (χ1n) is 8.81. The number of halogens is 1. The summed E-state index contributed by atoms with van der Waals surface area (Å²) in [5.41, 5.74) is 2.40. The van der Waals surface area contributed by atoms with Crippen molar-refractivity contribution >= 4 is 29.1 Å². The summed E-state index contributed by atoms with van der Waals surface area (Å²) in [5.74, 6) is -1.64. The van der Waals surface area contributed by atoms with Crippen LogP contribution in [0, 0.1) is 13.8 Å². The lowest BCUT2D eigenvalue weighted by molar-refractivity contribution is -0.140. The van der Waals surface area contributed by atoms with Crippen molar-refractivity contribution in [3.05, 3.63) is 57.4 Å². The first kappa shape index (κ1) is 20.1. The van der Waals surface area contributed by atoms with Gasteiger partial charge in [0.15, 0.2) is 0 Å². The van der Waals surface area contributed by atoms with Gasteiger partial charge in [-0.05, 0) is 31.5 Å². The number of likely N-dealkylation sites (tertiary alicyclic amines) is 1. The van der Waals surface area contributed by atoms with Gasteiger partial charge in [0.1, 0.15) is 5.76 Å². The lowest BCUT2D eigenvalue weighted by atomic mass is 9.94. The SMILES string of the molecule is COCCN1C(=O)C(=O)/C(=C(/O)c2c(C)nn(C)c2C)C1c1cccc(Cl)c1. The first-order chi connectivity index (χ1) is 13.3. The molecule has 8 heteroatoms. The zero-order valence-corrected chi connectivity index (χ0v) is 16.9. The van der Waals surface area contributed by atoms with Crippen molar-refractivity contribution in [2.24, 2.45) is 7.05 Å². The number of ketones is 1. The van der Waals surface area contributed by atoms with E-state index in [2.05, 4.69) is 5.10 Å². The van der Waals surface area contributed by atoms with Gasteiger partial charge in [-0.25, -0.2) is 0 Å². The molecule has 0 spiro atoms. The van der Waals surface area contributed by atoms with E-state index in [4.69, 9.17) is 16.3 Å². The summed E-state index contributed by atoms with van der Waals surface area (Å²) in [4.78, 5) is 27.0. The lowest BCUT2D eigenvalue weighted by Crippen LogP contribution is -2.32. The minimum atomic E-state index is -0.757. The maximum atomic E-state index is 12.9. The second-order valence-corrected chi connectivity index (χ2v) is 7.15. The van der Waals surface area contributed by atoms with Crippen molar-refractivity contribution in [1.29, 1.82) is 0 Å². The number of aliphatic hydroxyl groups excluding tert-OH is 1. The largest absolute Gasteiger partial charge is 0.507 e. The fraction of sp³-hybridized carbons (Fsp3) is 0.350. The van der Waals surface area contributed by atoms with Crippen LogP contribution in [0.3, 0.4) is 0 Å². The van der Waals surface area contributed by atoms with Crippen LogP contribution < -0.4 is 0 Å². The van der Waals surface area contributed by atoms with E-state index in [9.17, 15) is 14.7 Å². The molecule has 7 nitrogen and oxygen atoms in total. The Morgan fingerprint density at radius 3 is 2.61 bits per heavy atom. The topological polar surface area (TPSA) is 84.7 Å². The monoisotopic (exact) mass is 403 g/mol. The van der Waals surface area contributed by atoms with Crippen LogP contribution in [0.1, 0.15) is 28.6 Å². The van der Waals surface area contributed by atoms with Crippen LogP contribution in [0.4, 0.5) is 0 Å². The third-order valence-electron chi connectivity index (χ3n) is 4.99. The first-order valence-corrected chi connectivity index (χ1v) is 9.19. The average molecular weight is 404 g/mol. The van der Waals surface area contributed by atoms with Crippen molar-refractivity contribution < 1.29 is 19.4 Å². The fourth-order valence-corrected chi connectivity index (χ4v) is 3.77. The highest BCUT2D eigenvalue weighted by atomic mass is 35.5. The molecule has 1 aromatic carbocycles. The number of benzene rings is 1. The van der Waals surface area contributed by atoms with Gasteiger partial charge in [0.2, 0.25) is 0 Å². The molecule has 1 aliphatic heterocycles. The number of carbonyl (C=O) groups is 2. The summed E-state index contributed by atoms with van der Waals surface area (Å²) >= 11 is 6.14. The molecule has 148 valence electrons. The van der Waals surface area contributed by atoms with Gasteiger partial charge in [-0.3, -0.25) is 14.3 Å². The molecular formula is C20H22ClN3O4. The summed E-state index contributed by atoms with van der Waals surface area (Å²) < 4.78 is 6.72. The fourth-order valence-electron chi connectivity index (χ4n) is 3.57. The molecule has 2 aromatic rings. The second kappa shape index (κ2) is 7.77. The van der Waals surface area contributed by atoms with E-state index < -0.39 is 17.7 Å². The number of aromatic nitrogens is 2. The van der Waals surface area contributed by atoms with Gasteiger partial charge in [0.05, 0.1) is 29.5 Å². The molecule has 1 atom stereocenters. The number of methoxy groups -OCH3 is 1. The number of nitrogens with zero attached hydrogens (tertiary/aromatic N) is 3. The Balaban J connectivity index is 2.24. The zero-order chi connectivity index (χ0) is 20.6. The molecule has 1 aromatic heterocycles. The quantitative estimate of drug-likeness (QED) is 0.471. The lowest BCUT2D eigenvalue weighted by Gasteiger charge is -2.25. The van der Waals surface area contributed by atoms with Crippen LogP contribution in [0.15, 0.2) is 29.8 Å². The molecule has 1 saturated heterocycles. The highest BCUT2D eigenvalue weighted by Crippen LogP contribution is 2.40. The van der Waals surface area contributed by atoms with Gasteiger partial charge in [-0.1, -0.05) is 23.7 Å². The van der Waals surface area contributed by atoms with E-state index in [1.165, 1.54) is 12.0 Å². The number of aliphatic hydroxyl groups is 1. The Bertz CT molecular complexity index is 980. The van der Waals surface area contributed by atoms with Crippen LogP contribution in [-0.2, 0) is 21.4 Å². The van der Waals surface area contributed by atoms with Gasteiger partial charge in [-0.15, -0.1) is 0 Å². The summed E-state index contributed by atoms with van der Waals surface area (Å²) in [6, 6.07) is 6.16. The molecule has 2 heterocycles. The molecule has 0 radical (unpaired) electrons. The van der Waals surface area contributed by atoms with Gasteiger partial charge in [-0.2, -0.15) is 5.10 Å². The number of carbonyl (C=O) groups excluding carboxylic acids is 2. The predicted octanol–water partition coefficient (Wildman–Crippen LogP) is 2.76. The van der Waals surface area contributed by atoms with Gasteiger partial charge in [0, 0.05) is 31.4 Å². The van der Waals surface area contributed by atoms with E-state index in [0.29, 0.717) is 27.5 Å². The Morgan fingerprint density at radius 2 is 2.04 bits per heavy atom. The van der Waals surface area contributed by atoms with Crippen molar-refractivity contribution in [2.45, 2.75) is 19.9 Å². The maximum Gasteiger partial charge on any atom is 0.295 e. The molecular weight excluding hydrogens is 382 g/mol. The number of Topliss-reactive ketones (excluding diaryl/α,β-unsaturated/α-hetero) is 1. The van der Waals surface area contributed by atoms with Crippen molar-refractivity contribution in [3.8, 4) is 0 Å². The van der Waals surface area contributed by atoms with Crippen LogP contribution in [0.5, 0.6) is 0 Å². The van der Waals surface area contributed by atoms with Crippen molar-refractivity contribution in [3.63, 3.8) is 0 Å². The Morgan fingerprint density at radius 1 is 1.32 bits per heavy atom. The minimum Gasteiger partial charge on any atom is -0.507 e. The molecule has 0 aliphatic carbocycles. The third kappa shape index (κ3) is 3.31. The minimum absolute atomic E-state index is 0.0302. The highest BCUT2D eigenvalue weighted by molar-refractivity contribution is 6.46. The Hall–Kier alpha value is -2.64. The number of hydrogen-bond donors (Lipinski definition) is 1. The molecule has 1 N–H and O–H groups in total.